The highest BCUT2D eigenvalue weighted by Gasteiger charge is 2.24. The molecule has 0 fully saturated rings. The molecule has 0 spiro atoms. The standard InChI is InChI=1S/C12H19NO3S/c1-12(2,14)10-13(17(3,15)16)9-11-7-5-4-6-8-11/h4-8,14H,9-10H2,1-3H3. The molecule has 1 N–H and O–H groups in total. The molecule has 17 heavy (non-hydrogen) atoms. The van der Waals surface area contributed by atoms with Crippen LogP contribution in [0, 0.1) is 0 Å². The molecule has 0 saturated carbocycles. The summed E-state index contributed by atoms with van der Waals surface area (Å²) in [6, 6.07) is 9.33. The Kier molecular flexibility index (Phi) is 4.30. The van der Waals surface area contributed by atoms with Crippen molar-refractivity contribution in [3.63, 3.8) is 0 Å². The summed E-state index contributed by atoms with van der Waals surface area (Å²) in [7, 11) is -3.32. The summed E-state index contributed by atoms with van der Waals surface area (Å²) in [6.45, 7) is 3.55. The summed E-state index contributed by atoms with van der Waals surface area (Å²) in [6.07, 6.45) is 1.15. The molecular formula is C12H19NO3S. The van der Waals surface area contributed by atoms with Crippen molar-refractivity contribution in [1.82, 2.24) is 4.31 Å². The topological polar surface area (TPSA) is 57.6 Å². The number of sulfonamides is 1. The van der Waals surface area contributed by atoms with Crippen LogP contribution in [0.3, 0.4) is 0 Å². The lowest BCUT2D eigenvalue weighted by molar-refractivity contribution is 0.0579. The monoisotopic (exact) mass is 257 g/mol. The van der Waals surface area contributed by atoms with Gasteiger partial charge >= 0.3 is 0 Å². The van der Waals surface area contributed by atoms with Gasteiger partial charge in [-0.15, -0.1) is 0 Å². The summed E-state index contributed by atoms with van der Waals surface area (Å²) >= 11 is 0. The van der Waals surface area contributed by atoms with E-state index in [1.54, 1.807) is 13.8 Å². The average molecular weight is 257 g/mol. The Labute approximate surface area is 103 Å². The second-order valence-electron chi connectivity index (χ2n) is 4.83. The Bertz CT molecular complexity index is 448. The van der Waals surface area contributed by atoms with Crippen molar-refractivity contribution in [2.75, 3.05) is 12.8 Å². The normalized spacial score (nSPS) is 13.0. The zero-order valence-corrected chi connectivity index (χ0v) is 11.2. The fourth-order valence-corrected chi connectivity index (χ4v) is 2.44. The first-order valence-corrected chi connectivity index (χ1v) is 7.25. The number of aliphatic hydroxyl groups is 1. The van der Waals surface area contributed by atoms with Crippen molar-refractivity contribution in [3.8, 4) is 0 Å². The highest BCUT2D eigenvalue weighted by molar-refractivity contribution is 7.88. The van der Waals surface area contributed by atoms with E-state index in [0.29, 0.717) is 0 Å². The number of hydrogen-bond acceptors (Lipinski definition) is 3. The van der Waals surface area contributed by atoms with E-state index in [2.05, 4.69) is 0 Å². The highest BCUT2D eigenvalue weighted by atomic mass is 32.2. The molecule has 96 valence electrons. The summed E-state index contributed by atoms with van der Waals surface area (Å²) in [5, 5.41) is 9.72. The molecule has 1 aromatic rings. The Balaban J connectivity index is 2.87. The van der Waals surface area contributed by atoms with Gasteiger partial charge in [0.2, 0.25) is 10.0 Å². The molecule has 4 nitrogen and oxygen atoms in total. The second-order valence-corrected chi connectivity index (χ2v) is 6.81. The number of hydrogen-bond donors (Lipinski definition) is 1. The number of rotatable bonds is 5. The van der Waals surface area contributed by atoms with Crippen molar-refractivity contribution < 1.29 is 13.5 Å². The van der Waals surface area contributed by atoms with Crippen LogP contribution in [0.2, 0.25) is 0 Å². The Morgan fingerprint density at radius 2 is 1.76 bits per heavy atom. The third-order valence-corrected chi connectivity index (χ3v) is 3.43. The van der Waals surface area contributed by atoms with Crippen LogP contribution < -0.4 is 0 Å². The molecular weight excluding hydrogens is 238 g/mol. The Morgan fingerprint density at radius 3 is 2.18 bits per heavy atom. The quantitative estimate of drug-likeness (QED) is 0.863. The molecule has 0 aliphatic carbocycles. The zero-order valence-electron chi connectivity index (χ0n) is 10.4. The molecule has 1 rings (SSSR count). The maximum atomic E-state index is 11.6. The lowest BCUT2D eigenvalue weighted by Gasteiger charge is -2.27. The minimum absolute atomic E-state index is 0.0841. The predicted molar refractivity (Wildman–Crippen MR) is 68.0 cm³/mol. The van der Waals surface area contributed by atoms with Crippen LogP contribution in [0.5, 0.6) is 0 Å². The van der Waals surface area contributed by atoms with Crippen LogP contribution in [0.1, 0.15) is 19.4 Å². The van der Waals surface area contributed by atoms with Crippen LogP contribution in [0.4, 0.5) is 0 Å². The maximum Gasteiger partial charge on any atom is 0.211 e. The molecule has 0 heterocycles. The SMILES string of the molecule is CC(C)(O)CN(Cc1ccccc1)S(C)(=O)=O. The first-order chi connectivity index (χ1) is 7.68. The molecule has 0 amide bonds. The second kappa shape index (κ2) is 5.16. The number of nitrogens with zero attached hydrogens (tertiary/aromatic N) is 1. The van der Waals surface area contributed by atoms with Gasteiger partial charge in [0.1, 0.15) is 0 Å². The van der Waals surface area contributed by atoms with Crippen LogP contribution in [-0.4, -0.2) is 36.2 Å². The highest BCUT2D eigenvalue weighted by Crippen LogP contribution is 2.13. The van der Waals surface area contributed by atoms with Crippen molar-refractivity contribution in [3.05, 3.63) is 35.9 Å². The maximum absolute atomic E-state index is 11.6. The van der Waals surface area contributed by atoms with Gasteiger partial charge in [-0.1, -0.05) is 30.3 Å². The van der Waals surface area contributed by atoms with E-state index in [0.717, 1.165) is 11.8 Å². The molecule has 0 atom stereocenters. The van der Waals surface area contributed by atoms with Gasteiger partial charge in [-0.25, -0.2) is 8.42 Å². The summed E-state index contributed by atoms with van der Waals surface area (Å²) in [4.78, 5) is 0. The first-order valence-electron chi connectivity index (χ1n) is 5.40. The van der Waals surface area contributed by atoms with Gasteiger partial charge in [0, 0.05) is 13.1 Å². The molecule has 1 aromatic carbocycles. The Morgan fingerprint density at radius 1 is 1.24 bits per heavy atom. The largest absolute Gasteiger partial charge is 0.389 e. The van der Waals surface area contributed by atoms with E-state index < -0.39 is 15.6 Å². The van der Waals surface area contributed by atoms with Gasteiger partial charge in [-0.3, -0.25) is 0 Å². The molecule has 0 bridgehead atoms. The van der Waals surface area contributed by atoms with E-state index in [1.165, 1.54) is 4.31 Å². The molecule has 0 aliphatic rings. The smallest absolute Gasteiger partial charge is 0.211 e. The zero-order chi connectivity index (χ0) is 13.1. The van der Waals surface area contributed by atoms with Crippen LogP contribution >= 0.6 is 0 Å². The van der Waals surface area contributed by atoms with E-state index in [4.69, 9.17) is 0 Å². The molecule has 0 saturated heterocycles. The van der Waals surface area contributed by atoms with Crippen molar-refractivity contribution >= 4 is 10.0 Å². The summed E-state index contributed by atoms with van der Waals surface area (Å²) < 4.78 is 24.5. The van der Waals surface area contributed by atoms with E-state index >= 15 is 0 Å². The van der Waals surface area contributed by atoms with E-state index in [-0.39, 0.29) is 13.1 Å². The van der Waals surface area contributed by atoms with Crippen LogP contribution in [-0.2, 0) is 16.6 Å². The van der Waals surface area contributed by atoms with Gasteiger partial charge in [0.25, 0.3) is 0 Å². The molecule has 0 radical (unpaired) electrons. The van der Waals surface area contributed by atoms with Gasteiger partial charge < -0.3 is 5.11 Å². The lowest BCUT2D eigenvalue weighted by Crippen LogP contribution is -2.41. The minimum Gasteiger partial charge on any atom is -0.389 e. The summed E-state index contributed by atoms with van der Waals surface area (Å²) in [5.41, 5.74) is -0.139. The van der Waals surface area contributed by atoms with E-state index in [9.17, 15) is 13.5 Å². The lowest BCUT2D eigenvalue weighted by atomic mass is 10.1. The van der Waals surface area contributed by atoms with Crippen molar-refractivity contribution in [2.45, 2.75) is 26.0 Å². The fourth-order valence-electron chi connectivity index (χ4n) is 1.51. The van der Waals surface area contributed by atoms with E-state index in [1.807, 2.05) is 30.3 Å². The minimum atomic E-state index is -3.32. The predicted octanol–water partition coefficient (Wildman–Crippen LogP) is 1.22. The average Bonchev–Trinajstić information content (AvgIpc) is 2.15. The van der Waals surface area contributed by atoms with Gasteiger partial charge in [0.15, 0.2) is 0 Å². The summed E-state index contributed by atoms with van der Waals surface area (Å²) in [5.74, 6) is 0. The fraction of sp³-hybridized carbons (Fsp3) is 0.500. The molecule has 5 heteroatoms. The molecule has 0 aromatic heterocycles. The van der Waals surface area contributed by atoms with Crippen molar-refractivity contribution in [1.29, 1.82) is 0 Å². The van der Waals surface area contributed by atoms with Crippen LogP contribution in [0.15, 0.2) is 30.3 Å². The van der Waals surface area contributed by atoms with Gasteiger partial charge in [-0.2, -0.15) is 4.31 Å². The molecule has 0 unspecified atom stereocenters. The first kappa shape index (κ1) is 14.2. The van der Waals surface area contributed by atoms with Gasteiger partial charge in [-0.05, 0) is 19.4 Å². The van der Waals surface area contributed by atoms with Crippen molar-refractivity contribution in [2.24, 2.45) is 0 Å². The van der Waals surface area contributed by atoms with Gasteiger partial charge in [0.05, 0.1) is 11.9 Å². The van der Waals surface area contributed by atoms with Crippen LogP contribution in [0.25, 0.3) is 0 Å². The third-order valence-electron chi connectivity index (χ3n) is 2.23. The third kappa shape index (κ3) is 5.30. The molecule has 0 aliphatic heterocycles. The Hall–Kier alpha value is -0.910. The number of benzene rings is 1.